The van der Waals surface area contributed by atoms with Gasteiger partial charge in [0.15, 0.2) is 12.6 Å². The first-order valence-corrected chi connectivity index (χ1v) is 49.8. The van der Waals surface area contributed by atoms with Crippen LogP contribution < -0.4 is 0 Å². The lowest BCUT2D eigenvalue weighted by molar-refractivity contribution is -0.337. The maximum atomic E-state index is 14.4. The molecule has 8 aliphatic rings. The van der Waals surface area contributed by atoms with Gasteiger partial charge in [-0.15, -0.1) is 0 Å². The minimum atomic E-state index is -2.87. The largest absolute Gasteiger partial charge is 0.514 e. The molecular weight excluding hydrogens is 1730 g/mol. The number of nitrogens with zero attached hydrogens (tertiary/aromatic N) is 6. The third-order valence-corrected chi connectivity index (χ3v) is 31.2. The fraction of sp³-hybridized carbons (Fsp3) is 0.922. The third kappa shape index (κ3) is 31.6. The predicted molar refractivity (Wildman–Crippen MR) is 508 cm³/mol. The molecule has 0 N–H and O–H groups in total. The van der Waals surface area contributed by atoms with Crippen molar-refractivity contribution in [2.24, 2.45) is 16.2 Å². The number of carbonyl (C=O) groups excluding carboxylic acids is 8. The molecule has 0 saturated carbocycles. The highest BCUT2D eigenvalue weighted by Gasteiger charge is 2.57. The van der Waals surface area contributed by atoms with Gasteiger partial charge in [-0.3, -0.25) is 39.0 Å². The van der Waals surface area contributed by atoms with Crippen LogP contribution in [0.15, 0.2) is 0 Å². The van der Waals surface area contributed by atoms with Crippen LogP contribution in [0.1, 0.15) is 381 Å². The molecule has 8 fully saturated rings. The van der Waals surface area contributed by atoms with Crippen molar-refractivity contribution in [3.05, 3.63) is 0 Å². The van der Waals surface area contributed by atoms with E-state index in [1.807, 2.05) is 236 Å². The van der Waals surface area contributed by atoms with E-state index in [1.54, 1.807) is 0 Å². The van der Waals surface area contributed by atoms with Crippen LogP contribution in [0.5, 0.6) is 0 Å². The molecule has 134 heavy (non-hydrogen) atoms. The number of hydrogen-bond acceptors (Lipinski definition) is 32. The van der Waals surface area contributed by atoms with Crippen LogP contribution in [0.3, 0.4) is 0 Å². The molecule has 1 spiro atoms. The van der Waals surface area contributed by atoms with Gasteiger partial charge in [0.2, 0.25) is 0 Å². The molecule has 32 heteroatoms. The predicted octanol–water partition coefficient (Wildman–Crippen LogP) is 20.9. The van der Waals surface area contributed by atoms with E-state index in [9.17, 15) is 38.4 Å². The zero-order valence-corrected chi connectivity index (χ0v) is 89.8. The van der Waals surface area contributed by atoms with Crippen LogP contribution in [0.25, 0.3) is 0 Å². The van der Waals surface area contributed by atoms with Crippen molar-refractivity contribution >= 4 is 48.9 Å². The minimum absolute atomic E-state index is 0.129. The summed E-state index contributed by atoms with van der Waals surface area (Å²) in [4.78, 5) is 128. The summed E-state index contributed by atoms with van der Waals surface area (Å²) in [7, 11) is 12.1. The first-order valence-electron chi connectivity index (χ1n) is 49.8. The van der Waals surface area contributed by atoms with Crippen molar-refractivity contribution < 1.29 is 124 Å². The molecule has 776 valence electrons. The fourth-order valence-corrected chi connectivity index (χ4v) is 21.7. The summed E-state index contributed by atoms with van der Waals surface area (Å²) < 4.78 is 110. The number of carbonyl (C=O) groups is 8. The quantitative estimate of drug-likeness (QED) is 0.0250. The number of hydrogen-bond donors (Lipinski definition) is 0. The molecule has 0 aromatic carbocycles. The molecule has 8 aliphatic heterocycles. The molecular formula is C102H182N6O26. The third-order valence-electron chi connectivity index (χ3n) is 31.2. The van der Waals surface area contributed by atoms with E-state index in [-0.39, 0.29) is 65.3 Å². The SMILES string of the molecule is CCCCCCCCCCC.CN1C(C)(C)CC(OC(=O)OC(CCCC(=O)OCC(C)(C)C2OCC3(CO2)COC(C(C)(C)COC(=O)CCCC(OC(=O)OC2CC(C)(C)N(C)C(C)(C)C2)(OC(=O)OC2CC(C)(C)N(C)C(C)(C)C2)OC(=O)OC2CC(C)(C)N(C)C(C)(C)C2)OC3)(OC(=O)OC2CC(C)(C)N(C)C(C)(C)C2)OC(=O)OC2CC(C)(C)N(C)C(C)(C)C2)CC1(C)C. The number of likely N-dealkylation sites (tertiary alicyclic amines) is 6. The smallest absolute Gasteiger partial charge is 0.465 e. The second-order valence-electron chi connectivity index (χ2n) is 49.4. The Morgan fingerprint density at radius 1 is 0.269 bits per heavy atom. The first-order chi connectivity index (χ1) is 61.2. The van der Waals surface area contributed by atoms with E-state index in [1.165, 1.54) is 57.8 Å². The van der Waals surface area contributed by atoms with Crippen molar-refractivity contribution in [2.75, 3.05) is 81.9 Å². The van der Waals surface area contributed by atoms with E-state index in [4.69, 9.17) is 85.3 Å². The van der Waals surface area contributed by atoms with Gasteiger partial charge < -0.3 is 85.3 Å². The lowest BCUT2D eigenvalue weighted by Gasteiger charge is -2.53. The molecule has 8 heterocycles. The monoisotopic (exact) mass is 1910 g/mol. The Morgan fingerprint density at radius 3 is 0.597 bits per heavy atom. The van der Waals surface area contributed by atoms with Crippen molar-refractivity contribution in [2.45, 2.75) is 509 Å². The van der Waals surface area contributed by atoms with Crippen LogP contribution in [0.4, 0.5) is 28.8 Å². The van der Waals surface area contributed by atoms with Gasteiger partial charge in [-0.05, 0) is 221 Å². The standard InChI is InChI=1S/C91H158N6O26.C11H24/c1-75(2,53-106-65(98)37-35-39-90(118-69(100)112-59-41-77(5,6)92(29)78(7,8)42-59,119-70(101)113-60-43-79(9,10)93(30)80(11,12)44-60)120-71(102)114-61-45-81(13,14)94(31)82(15,16)46-61)67-108-55-89(56-109-67)57-110-68(111-58-89)76(3,4)54-107-66(99)38-36-40-91(121-72(103)115-62-47-83(17,18)95(32)84(19,20)48-62,122-73(104)116-63-49-85(21,22)96(33)86(23,24)50-63)123-74(105)117-64-51-87(25,26)97(34)88(27,28)52-64;1-3-5-7-9-11-10-8-6-4-2/h59-64,67-68H,35-58H2,1-34H3;3-11H2,1-2H3. The van der Waals surface area contributed by atoms with Gasteiger partial charge in [-0.25, -0.2) is 28.8 Å². The van der Waals surface area contributed by atoms with Gasteiger partial charge >= 0.3 is 60.8 Å². The van der Waals surface area contributed by atoms with Gasteiger partial charge in [0, 0.05) is 167 Å². The lowest BCUT2D eigenvalue weighted by atomic mass is 9.79. The van der Waals surface area contributed by atoms with Crippen molar-refractivity contribution in [1.82, 2.24) is 29.4 Å². The molecule has 0 aromatic rings. The Bertz CT molecular complexity index is 3240. The normalized spacial score (nSPS) is 25.9. The summed E-state index contributed by atoms with van der Waals surface area (Å²) in [5.41, 5.74) is -7.69. The second kappa shape index (κ2) is 44.5. The van der Waals surface area contributed by atoms with Gasteiger partial charge in [0.1, 0.15) is 49.8 Å². The first kappa shape index (κ1) is 115. The number of unbranched alkanes of at least 4 members (excludes halogenated alkanes) is 8. The van der Waals surface area contributed by atoms with Crippen molar-refractivity contribution in [3.8, 4) is 0 Å². The summed E-state index contributed by atoms with van der Waals surface area (Å²) >= 11 is 0. The Hall–Kier alpha value is -5.84. The topological polar surface area (TPSA) is 322 Å². The zero-order valence-electron chi connectivity index (χ0n) is 89.8. The summed E-state index contributed by atoms with van der Waals surface area (Å²) in [6.07, 6.45) is 2.12. The van der Waals surface area contributed by atoms with Gasteiger partial charge in [0.05, 0.1) is 44.7 Å². The van der Waals surface area contributed by atoms with Crippen LogP contribution in [-0.4, -0.2) is 288 Å². The molecule has 0 aromatic heterocycles. The van der Waals surface area contributed by atoms with Gasteiger partial charge in [-0.1, -0.05) is 99.3 Å². The van der Waals surface area contributed by atoms with Crippen LogP contribution in [0.2, 0.25) is 0 Å². The Labute approximate surface area is 804 Å². The Balaban J connectivity index is 0.00000208. The summed E-state index contributed by atoms with van der Waals surface area (Å²) in [6, 6.07) is 0. The van der Waals surface area contributed by atoms with Crippen LogP contribution >= 0.6 is 0 Å². The van der Waals surface area contributed by atoms with Crippen LogP contribution in [0, 0.1) is 16.2 Å². The molecule has 0 bridgehead atoms. The van der Waals surface area contributed by atoms with E-state index >= 15 is 0 Å². The van der Waals surface area contributed by atoms with E-state index in [0.717, 1.165) is 0 Å². The highest BCUT2D eigenvalue weighted by Crippen LogP contribution is 2.48. The van der Waals surface area contributed by atoms with E-state index in [2.05, 4.69) is 43.2 Å². The van der Waals surface area contributed by atoms with Gasteiger partial charge in [0.25, 0.3) is 0 Å². The minimum Gasteiger partial charge on any atom is -0.465 e. The zero-order chi connectivity index (χ0) is 101. The van der Waals surface area contributed by atoms with Crippen molar-refractivity contribution in [3.63, 3.8) is 0 Å². The highest BCUT2D eigenvalue weighted by molar-refractivity contribution is 5.70. The molecule has 32 nitrogen and oxygen atoms in total. The van der Waals surface area contributed by atoms with Gasteiger partial charge in [-0.2, -0.15) is 0 Å². The number of piperidine rings is 6. The average Bonchev–Trinajstić information content (AvgIpc) is 0.784. The summed E-state index contributed by atoms with van der Waals surface area (Å²) in [5.74, 6) is -7.14. The molecule has 0 radical (unpaired) electrons. The molecule has 8 saturated heterocycles. The molecule has 0 atom stereocenters. The number of esters is 2. The maximum Gasteiger partial charge on any atom is 0.514 e. The molecule has 0 aliphatic carbocycles. The average molecular weight is 1910 g/mol. The molecule has 0 unspecified atom stereocenters. The van der Waals surface area contributed by atoms with Crippen LogP contribution in [-0.2, 0) is 94.9 Å². The second-order valence-corrected chi connectivity index (χ2v) is 49.4. The Morgan fingerprint density at radius 2 is 0.433 bits per heavy atom. The Kier molecular flexibility index (Phi) is 38.3. The van der Waals surface area contributed by atoms with E-state index < -0.39 is 206 Å². The van der Waals surface area contributed by atoms with Crippen molar-refractivity contribution in [1.29, 1.82) is 0 Å². The number of ether oxygens (including phenoxy) is 18. The maximum absolute atomic E-state index is 14.4. The fourth-order valence-electron chi connectivity index (χ4n) is 21.7. The molecule has 8 rings (SSSR count). The molecule has 0 amide bonds. The summed E-state index contributed by atoms with van der Waals surface area (Å²) in [6.45, 7) is 60.9. The number of rotatable bonds is 34. The lowest BCUT2D eigenvalue weighted by Crippen LogP contribution is -2.61. The van der Waals surface area contributed by atoms with E-state index in [0.29, 0.717) is 77.0 Å². The highest BCUT2D eigenvalue weighted by atomic mass is 17.0. The summed E-state index contributed by atoms with van der Waals surface area (Å²) in [5, 5.41) is 0.